The van der Waals surface area contributed by atoms with Crippen molar-refractivity contribution in [2.45, 2.75) is 58.5 Å². The third-order valence-corrected chi connectivity index (χ3v) is 3.61. The minimum absolute atomic E-state index is 0.116. The Kier molecular flexibility index (Phi) is 6.26. The molecule has 3 atom stereocenters. The van der Waals surface area contributed by atoms with Crippen molar-refractivity contribution in [1.29, 1.82) is 0 Å². The average Bonchev–Trinajstić information content (AvgIpc) is 2.26. The van der Waals surface area contributed by atoms with Crippen molar-refractivity contribution in [2.75, 3.05) is 13.2 Å². The van der Waals surface area contributed by atoms with Crippen LogP contribution in [0, 0.1) is 11.8 Å². The highest BCUT2D eigenvalue weighted by molar-refractivity contribution is 4.75. The first-order valence-corrected chi connectivity index (χ1v) is 6.53. The lowest BCUT2D eigenvalue weighted by Crippen LogP contribution is -2.33. The van der Waals surface area contributed by atoms with Crippen molar-refractivity contribution >= 4 is 0 Å². The van der Waals surface area contributed by atoms with Gasteiger partial charge in [-0.25, -0.2) is 0 Å². The number of ether oxygens (including phenoxy) is 1. The smallest absolute Gasteiger partial charge is 0.0612 e. The van der Waals surface area contributed by atoms with Crippen molar-refractivity contribution in [2.24, 2.45) is 11.8 Å². The maximum Gasteiger partial charge on any atom is 0.0612 e. The molecule has 1 aliphatic heterocycles. The molecule has 90 valence electrons. The zero-order valence-corrected chi connectivity index (χ0v) is 10.2. The van der Waals surface area contributed by atoms with Gasteiger partial charge in [0.05, 0.1) is 12.7 Å². The highest BCUT2D eigenvalue weighted by Crippen LogP contribution is 2.26. The maximum absolute atomic E-state index is 9.86. The number of hydrogen-bond donors (Lipinski definition) is 1. The molecule has 0 aromatic carbocycles. The first-order chi connectivity index (χ1) is 7.27. The van der Waals surface area contributed by atoms with Crippen molar-refractivity contribution < 1.29 is 9.84 Å². The van der Waals surface area contributed by atoms with E-state index in [0.717, 1.165) is 32.0 Å². The summed E-state index contributed by atoms with van der Waals surface area (Å²) in [5, 5.41) is 9.86. The van der Waals surface area contributed by atoms with Crippen LogP contribution in [0.3, 0.4) is 0 Å². The molecule has 0 aromatic rings. The van der Waals surface area contributed by atoms with Crippen molar-refractivity contribution in [3.8, 4) is 0 Å². The lowest BCUT2D eigenvalue weighted by molar-refractivity contribution is -0.0442. The zero-order valence-electron chi connectivity index (χ0n) is 10.2. The monoisotopic (exact) mass is 214 g/mol. The summed E-state index contributed by atoms with van der Waals surface area (Å²) < 4.78 is 5.44. The van der Waals surface area contributed by atoms with Gasteiger partial charge in [-0.05, 0) is 18.8 Å². The minimum Gasteiger partial charge on any atom is -0.393 e. The van der Waals surface area contributed by atoms with E-state index in [1.807, 2.05) is 0 Å². The number of aliphatic hydroxyl groups is 1. The molecule has 1 heterocycles. The van der Waals surface area contributed by atoms with E-state index in [2.05, 4.69) is 13.8 Å². The van der Waals surface area contributed by atoms with Gasteiger partial charge in [-0.15, -0.1) is 0 Å². The van der Waals surface area contributed by atoms with Gasteiger partial charge in [0, 0.05) is 12.5 Å². The molecule has 1 rings (SSSR count). The summed E-state index contributed by atoms with van der Waals surface area (Å²) in [6.07, 6.45) is 7.02. The van der Waals surface area contributed by atoms with Gasteiger partial charge >= 0.3 is 0 Å². The van der Waals surface area contributed by atoms with E-state index in [9.17, 15) is 5.11 Å². The van der Waals surface area contributed by atoms with Crippen LogP contribution in [0.2, 0.25) is 0 Å². The third-order valence-electron chi connectivity index (χ3n) is 3.61. The SMILES string of the molecule is CCCCC(CC)CC1COCCC1O. The Hall–Kier alpha value is -0.0800. The van der Waals surface area contributed by atoms with Gasteiger partial charge in [0.25, 0.3) is 0 Å². The summed E-state index contributed by atoms with van der Waals surface area (Å²) >= 11 is 0. The predicted octanol–water partition coefficient (Wildman–Crippen LogP) is 2.99. The normalized spacial score (nSPS) is 29.0. The van der Waals surface area contributed by atoms with Crippen LogP contribution in [0.5, 0.6) is 0 Å². The summed E-state index contributed by atoms with van der Waals surface area (Å²) in [4.78, 5) is 0. The molecule has 0 spiro atoms. The number of rotatable bonds is 6. The van der Waals surface area contributed by atoms with Gasteiger partial charge in [-0.2, -0.15) is 0 Å². The highest BCUT2D eigenvalue weighted by Gasteiger charge is 2.25. The van der Waals surface area contributed by atoms with Crippen LogP contribution >= 0.6 is 0 Å². The number of hydrogen-bond acceptors (Lipinski definition) is 2. The molecule has 0 aliphatic carbocycles. The third kappa shape index (κ3) is 4.52. The molecule has 15 heavy (non-hydrogen) atoms. The van der Waals surface area contributed by atoms with E-state index in [1.165, 1.54) is 25.7 Å². The van der Waals surface area contributed by atoms with Crippen LogP contribution in [0.4, 0.5) is 0 Å². The second-order valence-corrected chi connectivity index (χ2v) is 4.84. The van der Waals surface area contributed by atoms with E-state index < -0.39 is 0 Å². The molecule has 2 heteroatoms. The number of aliphatic hydroxyl groups excluding tert-OH is 1. The first kappa shape index (κ1) is 13.0. The van der Waals surface area contributed by atoms with Crippen molar-refractivity contribution in [3.63, 3.8) is 0 Å². The zero-order chi connectivity index (χ0) is 11.1. The standard InChI is InChI=1S/C13H26O2/c1-3-5-6-11(4-2)9-12-10-15-8-7-13(12)14/h11-14H,3-10H2,1-2H3. The fourth-order valence-electron chi connectivity index (χ4n) is 2.42. The van der Waals surface area contributed by atoms with Crippen molar-refractivity contribution in [3.05, 3.63) is 0 Å². The molecule has 0 amide bonds. The summed E-state index contributed by atoms with van der Waals surface area (Å²) in [6.45, 7) is 6.01. The lowest BCUT2D eigenvalue weighted by Gasteiger charge is -2.30. The molecule has 0 bridgehead atoms. The maximum atomic E-state index is 9.86. The van der Waals surface area contributed by atoms with Gasteiger partial charge in [-0.1, -0.05) is 39.5 Å². The van der Waals surface area contributed by atoms with E-state index >= 15 is 0 Å². The van der Waals surface area contributed by atoms with Gasteiger partial charge in [0.15, 0.2) is 0 Å². The fourth-order valence-corrected chi connectivity index (χ4v) is 2.42. The van der Waals surface area contributed by atoms with Crippen LogP contribution in [-0.2, 0) is 4.74 Å². The molecule has 1 N–H and O–H groups in total. The van der Waals surface area contributed by atoms with Crippen LogP contribution < -0.4 is 0 Å². The summed E-state index contributed by atoms with van der Waals surface area (Å²) in [5.74, 6) is 1.17. The van der Waals surface area contributed by atoms with Crippen LogP contribution in [0.25, 0.3) is 0 Å². The van der Waals surface area contributed by atoms with Crippen LogP contribution in [0.15, 0.2) is 0 Å². The van der Waals surface area contributed by atoms with E-state index in [-0.39, 0.29) is 6.10 Å². The fraction of sp³-hybridized carbons (Fsp3) is 1.00. The Morgan fingerprint density at radius 2 is 2.20 bits per heavy atom. The molecule has 1 fully saturated rings. The van der Waals surface area contributed by atoms with Gasteiger partial charge in [-0.3, -0.25) is 0 Å². The molecule has 2 nitrogen and oxygen atoms in total. The summed E-state index contributed by atoms with van der Waals surface area (Å²) in [7, 11) is 0. The predicted molar refractivity (Wildman–Crippen MR) is 62.9 cm³/mol. The van der Waals surface area contributed by atoms with Crippen molar-refractivity contribution in [1.82, 2.24) is 0 Å². The van der Waals surface area contributed by atoms with Crippen LogP contribution in [0.1, 0.15) is 52.4 Å². The van der Waals surface area contributed by atoms with Gasteiger partial charge in [0.2, 0.25) is 0 Å². The minimum atomic E-state index is -0.116. The van der Waals surface area contributed by atoms with E-state index in [4.69, 9.17) is 4.74 Å². The summed E-state index contributed by atoms with van der Waals surface area (Å²) in [5.41, 5.74) is 0. The Bertz CT molecular complexity index is 159. The van der Waals surface area contributed by atoms with Crippen LogP contribution in [-0.4, -0.2) is 24.4 Å². The molecule has 3 unspecified atom stereocenters. The molecule has 0 aromatic heterocycles. The van der Waals surface area contributed by atoms with Gasteiger partial charge < -0.3 is 9.84 Å². The number of unbranched alkanes of at least 4 members (excludes halogenated alkanes) is 1. The largest absolute Gasteiger partial charge is 0.393 e. The quantitative estimate of drug-likeness (QED) is 0.736. The second-order valence-electron chi connectivity index (χ2n) is 4.84. The Morgan fingerprint density at radius 1 is 1.40 bits per heavy atom. The highest BCUT2D eigenvalue weighted by atomic mass is 16.5. The molecular formula is C13H26O2. The molecular weight excluding hydrogens is 188 g/mol. The van der Waals surface area contributed by atoms with E-state index in [1.54, 1.807) is 0 Å². The summed E-state index contributed by atoms with van der Waals surface area (Å²) in [6, 6.07) is 0. The first-order valence-electron chi connectivity index (χ1n) is 6.53. The molecule has 1 aliphatic rings. The van der Waals surface area contributed by atoms with Gasteiger partial charge in [0.1, 0.15) is 0 Å². The Labute approximate surface area is 94.0 Å². The molecule has 0 saturated carbocycles. The second kappa shape index (κ2) is 7.24. The average molecular weight is 214 g/mol. The topological polar surface area (TPSA) is 29.5 Å². The molecule has 0 radical (unpaired) electrons. The Balaban J connectivity index is 2.29. The lowest BCUT2D eigenvalue weighted by atomic mass is 9.85. The Morgan fingerprint density at radius 3 is 2.80 bits per heavy atom. The molecule has 1 saturated heterocycles. The van der Waals surface area contributed by atoms with E-state index in [0.29, 0.717) is 5.92 Å².